The molecule has 0 radical (unpaired) electrons. The normalized spacial score (nSPS) is 18.7. The van der Waals surface area contributed by atoms with Crippen LogP contribution in [0.25, 0.3) is 0 Å². The van der Waals surface area contributed by atoms with Crippen LogP contribution in [-0.4, -0.2) is 26.6 Å². The van der Waals surface area contributed by atoms with E-state index in [9.17, 15) is 8.42 Å². The van der Waals surface area contributed by atoms with Crippen LogP contribution in [0.5, 0.6) is 0 Å². The van der Waals surface area contributed by atoms with Crippen LogP contribution in [0.3, 0.4) is 0 Å². The molecule has 0 spiro atoms. The summed E-state index contributed by atoms with van der Waals surface area (Å²) in [6.07, 6.45) is 7.53. The maximum absolute atomic E-state index is 12.1. The molecule has 0 bridgehead atoms. The molecule has 0 aromatic rings. The van der Waals surface area contributed by atoms with Crippen LogP contribution in [0.2, 0.25) is 0 Å². The first-order valence-corrected chi connectivity index (χ1v) is 9.69. The SMILES string of the molecule is CCC(CC)(CCl)CNS(=O)(=O)CC1CCCCC1. The zero-order valence-corrected chi connectivity index (χ0v) is 13.8. The second-order valence-corrected chi connectivity index (χ2v) is 8.07. The third-order valence-corrected chi connectivity index (χ3v) is 6.69. The molecule has 1 aliphatic rings. The zero-order valence-electron chi connectivity index (χ0n) is 12.3. The Morgan fingerprint density at radius 1 is 1.16 bits per heavy atom. The van der Waals surface area contributed by atoms with Crippen LogP contribution >= 0.6 is 11.6 Å². The number of halogens is 1. The van der Waals surface area contributed by atoms with Crippen LogP contribution < -0.4 is 4.72 Å². The summed E-state index contributed by atoms with van der Waals surface area (Å²) in [4.78, 5) is 0. The fourth-order valence-electron chi connectivity index (χ4n) is 2.72. The molecule has 5 heteroatoms. The van der Waals surface area contributed by atoms with Crippen molar-refractivity contribution in [3.05, 3.63) is 0 Å². The molecule has 1 aliphatic carbocycles. The van der Waals surface area contributed by atoms with E-state index in [0.29, 0.717) is 24.1 Å². The lowest BCUT2D eigenvalue weighted by molar-refractivity contribution is 0.303. The van der Waals surface area contributed by atoms with E-state index in [1.165, 1.54) is 19.3 Å². The second-order valence-electron chi connectivity index (χ2n) is 5.95. The van der Waals surface area contributed by atoms with Gasteiger partial charge in [-0.1, -0.05) is 33.1 Å². The third-order valence-electron chi connectivity index (χ3n) is 4.63. The van der Waals surface area contributed by atoms with Crippen molar-refractivity contribution in [2.75, 3.05) is 18.2 Å². The van der Waals surface area contributed by atoms with Crippen molar-refractivity contribution in [1.82, 2.24) is 4.72 Å². The Morgan fingerprint density at radius 3 is 2.21 bits per heavy atom. The molecular weight excluding hydrogens is 282 g/mol. The molecule has 0 heterocycles. The van der Waals surface area contributed by atoms with Crippen molar-refractivity contribution < 1.29 is 8.42 Å². The number of hydrogen-bond acceptors (Lipinski definition) is 2. The molecule has 0 saturated heterocycles. The molecule has 3 nitrogen and oxygen atoms in total. The van der Waals surface area contributed by atoms with Crippen molar-refractivity contribution >= 4 is 21.6 Å². The van der Waals surface area contributed by atoms with Gasteiger partial charge >= 0.3 is 0 Å². The highest BCUT2D eigenvalue weighted by Crippen LogP contribution is 2.28. The van der Waals surface area contributed by atoms with E-state index in [4.69, 9.17) is 11.6 Å². The standard InChI is InChI=1S/C14H28ClNO2S/c1-3-14(4-2,11-15)12-16-19(17,18)10-13-8-6-5-7-9-13/h13,16H,3-12H2,1-2H3. The minimum Gasteiger partial charge on any atom is -0.215 e. The van der Waals surface area contributed by atoms with Gasteiger partial charge in [0.15, 0.2) is 0 Å². The van der Waals surface area contributed by atoms with Crippen molar-refractivity contribution in [2.24, 2.45) is 11.3 Å². The molecular formula is C14H28ClNO2S. The minimum absolute atomic E-state index is 0.0960. The predicted molar refractivity (Wildman–Crippen MR) is 82.1 cm³/mol. The van der Waals surface area contributed by atoms with Gasteiger partial charge in [-0.25, -0.2) is 13.1 Å². The van der Waals surface area contributed by atoms with Gasteiger partial charge in [-0.05, 0) is 37.0 Å². The van der Waals surface area contributed by atoms with Crippen molar-refractivity contribution in [2.45, 2.75) is 58.8 Å². The predicted octanol–water partition coefficient (Wildman–Crippen LogP) is 3.53. The van der Waals surface area contributed by atoms with E-state index >= 15 is 0 Å². The smallest absolute Gasteiger partial charge is 0.211 e. The van der Waals surface area contributed by atoms with Gasteiger partial charge in [-0.2, -0.15) is 0 Å². The Labute approximate surface area is 123 Å². The highest BCUT2D eigenvalue weighted by atomic mass is 35.5. The summed E-state index contributed by atoms with van der Waals surface area (Å²) >= 11 is 6.01. The summed E-state index contributed by atoms with van der Waals surface area (Å²) in [6, 6.07) is 0. The lowest BCUT2D eigenvalue weighted by Crippen LogP contribution is -2.40. The van der Waals surface area contributed by atoms with E-state index in [0.717, 1.165) is 25.7 Å². The Hall–Kier alpha value is 0.200. The molecule has 1 N–H and O–H groups in total. The maximum Gasteiger partial charge on any atom is 0.211 e. The van der Waals surface area contributed by atoms with Crippen molar-refractivity contribution in [1.29, 1.82) is 0 Å². The van der Waals surface area contributed by atoms with E-state index in [1.807, 2.05) is 0 Å². The molecule has 0 unspecified atom stereocenters. The number of sulfonamides is 1. The molecule has 1 rings (SSSR count). The molecule has 0 aliphatic heterocycles. The summed E-state index contributed by atoms with van der Waals surface area (Å²) < 4.78 is 27.1. The summed E-state index contributed by atoms with van der Waals surface area (Å²) in [5, 5.41) is 0. The lowest BCUT2D eigenvalue weighted by atomic mass is 9.85. The molecule has 0 aromatic heterocycles. The first kappa shape index (κ1) is 17.3. The molecule has 114 valence electrons. The second kappa shape index (κ2) is 7.84. The summed E-state index contributed by atoms with van der Waals surface area (Å²) in [7, 11) is -3.15. The molecule has 19 heavy (non-hydrogen) atoms. The summed E-state index contributed by atoms with van der Waals surface area (Å²) in [6.45, 7) is 4.61. The minimum atomic E-state index is -3.15. The maximum atomic E-state index is 12.1. The van der Waals surface area contributed by atoms with Crippen molar-refractivity contribution in [3.63, 3.8) is 0 Å². The average Bonchev–Trinajstić information content (AvgIpc) is 2.41. The van der Waals surface area contributed by atoms with Gasteiger partial charge in [0.25, 0.3) is 0 Å². The van der Waals surface area contributed by atoms with Gasteiger partial charge in [0.1, 0.15) is 0 Å². The Kier molecular flexibility index (Phi) is 7.12. The monoisotopic (exact) mass is 309 g/mol. The van der Waals surface area contributed by atoms with E-state index < -0.39 is 10.0 Å². The fraction of sp³-hybridized carbons (Fsp3) is 1.00. The van der Waals surface area contributed by atoms with E-state index in [1.54, 1.807) is 0 Å². The van der Waals surface area contributed by atoms with Crippen molar-refractivity contribution in [3.8, 4) is 0 Å². The number of rotatable bonds is 8. The van der Waals surface area contributed by atoms with Crippen LogP contribution in [0.1, 0.15) is 58.8 Å². The Bertz CT molecular complexity index is 338. The Morgan fingerprint density at radius 2 is 1.74 bits per heavy atom. The molecule has 0 amide bonds. The zero-order chi connectivity index (χ0) is 14.4. The van der Waals surface area contributed by atoms with Gasteiger partial charge < -0.3 is 0 Å². The van der Waals surface area contributed by atoms with Gasteiger partial charge in [-0.3, -0.25) is 0 Å². The van der Waals surface area contributed by atoms with Gasteiger partial charge in [0.05, 0.1) is 5.75 Å². The van der Waals surface area contributed by atoms with Crippen LogP contribution in [-0.2, 0) is 10.0 Å². The summed E-state index contributed by atoms with van der Waals surface area (Å²) in [5.41, 5.74) is -0.0960. The van der Waals surface area contributed by atoms with E-state index in [-0.39, 0.29) is 5.41 Å². The number of hydrogen-bond donors (Lipinski definition) is 1. The molecule has 0 aromatic carbocycles. The Balaban J connectivity index is 2.49. The van der Waals surface area contributed by atoms with Crippen LogP contribution in [0, 0.1) is 11.3 Å². The topological polar surface area (TPSA) is 46.2 Å². The van der Waals surface area contributed by atoms with Gasteiger partial charge in [-0.15, -0.1) is 11.6 Å². The van der Waals surface area contributed by atoms with Gasteiger partial charge in [0.2, 0.25) is 10.0 Å². The lowest BCUT2D eigenvalue weighted by Gasteiger charge is -2.30. The van der Waals surface area contributed by atoms with Crippen LogP contribution in [0.15, 0.2) is 0 Å². The quantitative estimate of drug-likeness (QED) is 0.697. The number of nitrogens with one attached hydrogen (secondary N) is 1. The highest BCUT2D eigenvalue weighted by Gasteiger charge is 2.28. The first-order valence-electron chi connectivity index (χ1n) is 7.50. The van der Waals surface area contributed by atoms with E-state index in [2.05, 4.69) is 18.6 Å². The fourth-order valence-corrected chi connectivity index (χ4v) is 4.79. The third kappa shape index (κ3) is 5.60. The van der Waals surface area contributed by atoms with Gasteiger partial charge in [0, 0.05) is 12.4 Å². The molecule has 1 fully saturated rings. The highest BCUT2D eigenvalue weighted by molar-refractivity contribution is 7.89. The van der Waals surface area contributed by atoms with Crippen LogP contribution in [0.4, 0.5) is 0 Å². The number of alkyl halides is 1. The average molecular weight is 310 g/mol. The summed E-state index contributed by atoms with van der Waals surface area (Å²) in [5.74, 6) is 1.14. The largest absolute Gasteiger partial charge is 0.215 e. The molecule has 1 saturated carbocycles. The first-order chi connectivity index (χ1) is 8.97. The molecule has 0 atom stereocenters.